The Labute approximate surface area is 191 Å². The number of nitrogens with zero attached hydrogens (tertiary/aromatic N) is 7. The van der Waals surface area contributed by atoms with Crippen molar-refractivity contribution in [1.82, 2.24) is 39.7 Å². The Morgan fingerprint density at radius 3 is 3.03 bits per heavy atom. The molecule has 0 unspecified atom stereocenters. The monoisotopic (exact) mass is 452 g/mol. The molecule has 0 saturated carbocycles. The van der Waals surface area contributed by atoms with Gasteiger partial charge >= 0.3 is 0 Å². The summed E-state index contributed by atoms with van der Waals surface area (Å²) in [6.45, 7) is 6.46. The maximum Gasteiger partial charge on any atom is 0.274 e. The minimum absolute atomic E-state index is 0.162. The Hall–Kier alpha value is -3.31. The van der Waals surface area contributed by atoms with Crippen LogP contribution in [0.5, 0.6) is 5.75 Å². The van der Waals surface area contributed by atoms with E-state index in [0.717, 1.165) is 37.6 Å². The number of carbonyl (C=O) groups excluding carboxylic acids is 1. The summed E-state index contributed by atoms with van der Waals surface area (Å²) in [4.78, 5) is 24.0. The van der Waals surface area contributed by atoms with Gasteiger partial charge in [-0.05, 0) is 25.5 Å². The first-order chi connectivity index (χ1) is 16.2. The van der Waals surface area contributed by atoms with Gasteiger partial charge < -0.3 is 19.4 Å². The van der Waals surface area contributed by atoms with Crippen molar-refractivity contribution in [3.8, 4) is 5.75 Å². The van der Waals surface area contributed by atoms with E-state index in [0.29, 0.717) is 32.1 Å². The highest BCUT2D eigenvalue weighted by Gasteiger charge is 2.35. The highest BCUT2D eigenvalue weighted by Crippen LogP contribution is 2.20. The Morgan fingerprint density at radius 1 is 1.21 bits per heavy atom. The summed E-state index contributed by atoms with van der Waals surface area (Å²) in [5.41, 5.74) is 1.04. The number of hydrogen-bond acceptors (Lipinski definition) is 8. The summed E-state index contributed by atoms with van der Waals surface area (Å²) >= 11 is 0. The van der Waals surface area contributed by atoms with Gasteiger partial charge in [-0.1, -0.05) is 5.21 Å². The molecule has 3 aromatic rings. The zero-order chi connectivity index (χ0) is 22.6. The van der Waals surface area contributed by atoms with Crippen molar-refractivity contribution < 1.29 is 14.3 Å². The number of hydrogen-bond donors (Lipinski definition) is 1. The van der Waals surface area contributed by atoms with Crippen molar-refractivity contribution in [2.24, 2.45) is 0 Å². The lowest BCUT2D eigenvalue weighted by Gasteiger charge is -2.20. The summed E-state index contributed by atoms with van der Waals surface area (Å²) in [7, 11) is 0. The van der Waals surface area contributed by atoms with Gasteiger partial charge in [-0.25, -0.2) is 14.6 Å². The van der Waals surface area contributed by atoms with Crippen LogP contribution in [-0.4, -0.2) is 78.7 Å². The van der Waals surface area contributed by atoms with Crippen LogP contribution in [0.3, 0.4) is 0 Å². The first-order valence-electron chi connectivity index (χ1n) is 11.2. The van der Waals surface area contributed by atoms with Gasteiger partial charge in [-0.3, -0.25) is 9.69 Å². The molecular weight excluding hydrogens is 424 g/mol. The van der Waals surface area contributed by atoms with Crippen molar-refractivity contribution in [2.75, 3.05) is 26.2 Å². The molecule has 0 radical (unpaired) electrons. The second kappa shape index (κ2) is 9.67. The normalized spacial score (nSPS) is 21.5. The molecule has 5 heterocycles. The second-order valence-electron chi connectivity index (χ2n) is 8.38. The fraction of sp³-hybridized carbons (Fsp3) is 0.500. The minimum atomic E-state index is -0.256. The molecule has 2 atom stereocenters. The smallest absolute Gasteiger partial charge is 0.274 e. The van der Waals surface area contributed by atoms with E-state index in [4.69, 9.17) is 9.47 Å². The number of carbonyl (C=O) groups is 1. The lowest BCUT2D eigenvalue weighted by molar-refractivity contribution is 0.0294. The van der Waals surface area contributed by atoms with Crippen LogP contribution in [0.1, 0.15) is 28.4 Å². The zero-order valence-corrected chi connectivity index (χ0v) is 18.6. The highest BCUT2D eigenvalue weighted by atomic mass is 16.5. The standard InChI is InChI=1S/C22H28N8O3/c1-16-23-6-9-29(16)8-3-7-28-13-18-20(14-28)33-15-17-12-30(27-26-17)10-11-32-19-4-2-5-24-21(19)22(31)25-18/h2,4-6,9,12,18,20H,3,7-8,10-11,13-15H2,1H3,(H,25,31)/t18-,20-/m0/s1. The molecule has 11 heteroatoms. The van der Waals surface area contributed by atoms with Crippen LogP contribution in [0.15, 0.2) is 36.9 Å². The highest BCUT2D eigenvalue weighted by molar-refractivity contribution is 5.95. The SMILES string of the molecule is Cc1nccn1CCCN1C[C@@H]2NC(=O)c3ncccc3OCCn3cc(nn3)CO[C@H]2C1. The maximum absolute atomic E-state index is 13.1. The lowest BCUT2D eigenvalue weighted by Crippen LogP contribution is -2.44. The van der Waals surface area contributed by atoms with Gasteiger partial charge in [0.1, 0.15) is 18.1 Å². The topological polar surface area (TPSA) is 112 Å². The molecule has 1 fully saturated rings. The Bertz CT molecular complexity index is 1100. The van der Waals surface area contributed by atoms with E-state index in [1.54, 1.807) is 23.0 Å². The van der Waals surface area contributed by atoms with Crippen LogP contribution in [0.2, 0.25) is 0 Å². The Balaban J connectivity index is 1.30. The van der Waals surface area contributed by atoms with Gasteiger partial charge in [0.25, 0.3) is 5.91 Å². The lowest BCUT2D eigenvalue weighted by atomic mass is 10.2. The van der Waals surface area contributed by atoms with Crippen molar-refractivity contribution in [3.63, 3.8) is 0 Å². The molecule has 5 rings (SSSR count). The van der Waals surface area contributed by atoms with E-state index in [9.17, 15) is 4.79 Å². The number of rotatable bonds is 4. The third-order valence-corrected chi connectivity index (χ3v) is 6.05. The number of aromatic nitrogens is 6. The summed E-state index contributed by atoms with van der Waals surface area (Å²) in [5, 5.41) is 11.5. The molecule has 0 aliphatic carbocycles. The molecule has 174 valence electrons. The molecule has 2 aliphatic rings. The molecule has 3 aromatic heterocycles. The van der Waals surface area contributed by atoms with Gasteiger partial charge in [0.05, 0.1) is 31.5 Å². The number of ether oxygens (including phenoxy) is 2. The summed E-state index contributed by atoms with van der Waals surface area (Å²) < 4.78 is 15.9. The molecule has 0 aromatic carbocycles. The van der Waals surface area contributed by atoms with E-state index < -0.39 is 0 Å². The molecular formula is C22H28N8O3. The molecule has 33 heavy (non-hydrogen) atoms. The number of nitrogens with one attached hydrogen (secondary N) is 1. The van der Waals surface area contributed by atoms with Gasteiger partial charge in [0, 0.05) is 44.8 Å². The third-order valence-electron chi connectivity index (χ3n) is 6.05. The third kappa shape index (κ3) is 5.04. The molecule has 0 spiro atoms. The van der Waals surface area contributed by atoms with Crippen LogP contribution >= 0.6 is 0 Å². The van der Waals surface area contributed by atoms with Crippen molar-refractivity contribution in [1.29, 1.82) is 0 Å². The molecule has 1 saturated heterocycles. The van der Waals surface area contributed by atoms with Crippen LogP contribution in [-0.2, 0) is 24.4 Å². The number of pyridine rings is 1. The van der Waals surface area contributed by atoms with E-state index >= 15 is 0 Å². The average molecular weight is 453 g/mol. The van der Waals surface area contributed by atoms with Crippen molar-refractivity contribution >= 4 is 5.91 Å². The van der Waals surface area contributed by atoms with Gasteiger partial charge in [-0.15, -0.1) is 5.10 Å². The molecule has 1 amide bonds. The Kier molecular flexibility index (Phi) is 6.31. The van der Waals surface area contributed by atoms with Crippen molar-refractivity contribution in [3.05, 3.63) is 54.1 Å². The number of amides is 1. The minimum Gasteiger partial charge on any atom is -0.489 e. The molecule has 2 bridgehead atoms. The number of likely N-dealkylation sites (tertiary alicyclic amines) is 1. The first-order valence-corrected chi connectivity index (χ1v) is 11.2. The van der Waals surface area contributed by atoms with E-state index in [2.05, 4.69) is 35.1 Å². The molecule has 11 nitrogen and oxygen atoms in total. The number of aryl methyl sites for hydroxylation is 2. The van der Waals surface area contributed by atoms with Gasteiger partial charge in [0.2, 0.25) is 0 Å². The number of fused-ring (bicyclic) bond motifs is 4. The largest absolute Gasteiger partial charge is 0.489 e. The fourth-order valence-electron chi connectivity index (χ4n) is 4.32. The van der Waals surface area contributed by atoms with Gasteiger partial charge in [-0.2, -0.15) is 0 Å². The quantitative estimate of drug-likeness (QED) is 0.615. The first kappa shape index (κ1) is 21.5. The fourth-order valence-corrected chi connectivity index (χ4v) is 4.32. The van der Waals surface area contributed by atoms with Crippen LogP contribution in [0.25, 0.3) is 0 Å². The van der Waals surface area contributed by atoms with E-state index in [1.807, 2.05) is 25.5 Å². The maximum atomic E-state index is 13.1. The van der Waals surface area contributed by atoms with Crippen LogP contribution in [0, 0.1) is 6.92 Å². The summed E-state index contributed by atoms with van der Waals surface area (Å²) in [5.74, 6) is 1.21. The molecule has 1 N–H and O–H groups in total. The molecule has 2 aliphatic heterocycles. The van der Waals surface area contributed by atoms with Crippen LogP contribution < -0.4 is 10.1 Å². The van der Waals surface area contributed by atoms with E-state index in [1.165, 1.54) is 0 Å². The van der Waals surface area contributed by atoms with Crippen LogP contribution in [0.4, 0.5) is 0 Å². The number of imidazole rings is 1. The zero-order valence-electron chi connectivity index (χ0n) is 18.6. The van der Waals surface area contributed by atoms with Gasteiger partial charge in [0.15, 0.2) is 11.4 Å². The predicted molar refractivity (Wildman–Crippen MR) is 118 cm³/mol. The van der Waals surface area contributed by atoms with E-state index in [-0.39, 0.29) is 23.7 Å². The average Bonchev–Trinajstić information content (AvgIpc) is 3.53. The van der Waals surface area contributed by atoms with Crippen molar-refractivity contribution in [2.45, 2.75) is 45.2 Å². The Morgan fingerprint density at radius 2 is 2.15 bits per heavy atom. The predicted octanol–water partition coefficient (Wildman–Crippen LogP) is 0.660. The second-order valence-corrected chi connectivity index (χ2v) is 8.38. The summed E-state index contributed by atoms with van der Waals surface area (Å²) in [6.07, 6.45) is 8.11. The summed E-state index contributed by atoms with van der Waals surface area (Å²) in [6, 6.07) is 3.35.